The Balaban J connectivity index is 2.18. The van der Waals surface area contributed by atoms with Crippen LogP contribution in [0.5, 0.6) is 5.75 Å². The molecule has 0 aliphatic heterocycles. The normalized spacial score (nSPS) is 26.5. The largest absolute Gasteiger partial charge is 0.481 e. The maximum Gasteiger partial charge on any atom is 0.310 e. The van der Waals surface area contributed by atoms with E-state index in [1.54, 1.807) is 19.2 Å². The molecule has 0 amide bonds. The quantitative estimate of drug-likeness (QED) is 0.487. The Morgan fingerprint density at radius 3 is 2.78 bits per heavy atom. The average Bonchev–Trinajstić information content (AvgIpc) is 2.28. The fraction of sp³-hybridized carbons (Fsp3) is 0.500. The number of nitro groups is 1. The van der Waals surface area contributed by atoms with Crippen molar-refractivity contribution in [3.05, 3.63) is 33.9 Å². The number of ether oxygens (including phenoxy) is 2. The predicted molar refractivity (Wildman–Crippen MR) is 70.4 cm³/mol. The van der Waals surface area contributed by atoms with Crippen LogP contribution in [0.3, 0.4) is 0 Å². The minimum absolute atomic E-state index is 0.00604. The van der Waals surface area contributed by atoms with Crippen molar-refractivity contribution >= 4 is 21.6 Å². The van der Waals surface area contributed by atoms with Crippen molar-refractivity contribution in [2.75, 3.05) is 7.11 Å². The van der Waals surface area contributed by atoms with Crippen LogP contribution in [0.2, 0.25) is 0 Å². The fourth-order valence-corrected chi connectivity index (χ4v) is 2.90. The van der Waals surface area contributed by atoms with Gasteiger partial charge in [0, 0.05) is 24.4 Å². The van der Waals surface area contributed by atoms with Crippen molar-refractivity contribution in [1.82, 2.24) is 0 Å². The van der Waals surface area contributed by atoms with Crippen LogP contribution >= 0.6 is 15.9 Å². The molecule has 5 nitrogen and oxygen atoms in total. The fourth-order valence-electron chi connectivity index (χ4n) is 1.97. The number of rotatable bonds is 4. The second-order valence-corrected chi connectivity index (χ2v) is 5.51. The molecule has 3 atom stereocenters. The van der Waals surface area contributed by atoms with Crippen LogP contribution in [0.1, 0.15) is 12.0 Å². The molecule has 3 unspecified atom stereocenters. The van der Waals surface area contributed by atoms with E-state index in [4.69, 9.17) is 9.47 Å². The third-order valence-corrected chi connectivity index (χ3v) is 3.94. The van der Waals surface area contributed by atoms with Crippen LogP contribution in [-0.2, 0) is 4.74 Å². The van der Waals surface area contributed by atoms with Crippen molar-refractivity contribution in [2.24, 2.45) is 0 Å². The number of hydrogen-bond donors (Lipinski definition) is 0. The molecular weight excluding hydrogens is 302 g/mol. The van der Waals surface area contributed by atoms with Gasteiger partial charge in [-0.3, -0.25) is 10.1 Å². The van der Waals surface area contributed by atoms with Crippen LogP contribution in [0.4, 0.5) is 5.69 Å². The number of nitrogens with zero attached hydrogens (tertiary/aromatic N) is 1. The Morgan fingerprint density at radius 2 is 2.22 bits per heavy atom. The summed E-state index contributed by atoms with van der Waals surface area (Å²) < 4.78 is 11.0. The molecule has 2 rings (SSSR count). The smallest absolute Gasteiger partial charge is 0.310 e. The molecule has 0 radical (unpaired) electrons. The summed E-state index contributed by atoms with van der Waals surface area (Å²) in [7, 11) is 1.61. The van der Waals surface area contributed by atoms with E-state index in [2.05, 4.69) is 15.9 Å². The second-order valence-electron chi connectivity index (χ2n) is 4.34. The van der Waals surface area contributed by atoms with Gasteiger partial charge in [0.15, 0.2) is 5.75 Å². The van der Waals surface area contributed by atoms with Gasteiger partial charge in [-0.05, 0) is 18.6 Å². The van der Waals surface area contributed by atoms with E-state index in [9.17, 15) is 10.1 Å². The van der Waals surface area contributed by atoms with Crippen molar-refractivity contribution in [3.8, 4) is 5.75 Å². The highest BCUT2D eigenvalue weighted by Crippen LogP contribution is 2.37. The lowest BCUT2D eigenvalue weighted by atomic mass is 9.91. The van der Waals surface area contributed by atoms with E-state index in [1.807, 2.05) is 6.92 Å². The summed E-state index contributed by atoms with van der Waals surface area (Å²) in [4.78, 5) is 10.7. The van der Waals surface area contributed by atoms with Crippen LogP contribution in [0.25, 0.3) is 0 Å². The van der Waals surface area contributed by atoms with Crippen LogP contribution in [0.15, 0.2) is 18.2 Å². The Kier molecular flexibility index (Phi) is 3.87. The molecule has 0 bridgehead atoms. The molecule has 0 aromatic heterocycles. The number of methoxy groups -OCH3 is 1. The zero-order valence-electron chi connectivity index (χ0n) is 10.1. The van der Waals surface area contributed by atoms with Gasteiger partial charge in [-0.2, -0.15) is 0 Å². The van der Waals surface area contributed by atoms with Gasteiger partial charge in [-0.15, -0.1) is 0 Å². The topological polar surface area (TPSA) is 61.6 Å². The lowest BCUT2D eigenvalue weighted by Crippen LogP contribution is -2.51. The number of nitro benzene ring substituents is 1. The lowest BCUT2D eigenvalue weighted by molar-refractivity contribution is -0.386. The van der Waals surface area contributed by atoms with Gasteiger partial charge in [0.1, 0.15) is 12.2 Å². The molecule has 1 fully saturated rings. The summed E-state index contributed by atoms with van der Waals surface area (Å²) in [6.07, 6.45) is 0.578. The van der Waals surface area contributed by atoms with Crippen molar-refractivity contribution in [1.29, 1.82) is 0 Å². The Bertz CT molecular complexity index is 465. The zero-order chi connectivity index (χ0) is 13.3. The Morgan fingerprint density at radius 1 is 1.50 bits per heavy atom. The van der Waals surface area contributed by atoms with Gasteiger partial charge in [-0.25, -0.2) is 0 Å². The molecule has 6 heteroatoms. The highest BCUT2D eigenvalue weighted by Gasteiger charge is 2.42. The molecule has 0 N–H and O–H groups in total. The minimum Gasteiger partial charge on any atom is -0.481 e. The van der Waals surface area contributed by atoms with Gasteiger partial charge in [0.25, 0.3) is 0 Å². The molecular formula is C12H14BrNO4. The molecule has 0 heterocycles. The third kappa shape index (κ3) is 2.49. The van der Waals surface area contributed by atoms with Crippen LogP contribution in [0, 0.1) is 17.0 Å². The van der Waals surface area contributed by atoms with E-state index < -0.39 is 4.92 Å². The lowest BCUT2D eigenvalue weighted by Gasteiger charge is -2.39. The number of hydrogen-bond acceptors (Lipinski definition) is 4. The van der Waals surface area contributed by atoms with Crippen molar-refractivity contribution in [3.63, 3.8) is 0 Å². The molecule has 1 aromatic carbocycles. The standard InChI is InChI=1S/C12H14BrNO4/c1-7-3-4-9(14(15)16)10(5-7)18-11-6-8(13)12(11)17-2/h3-5,8,11-12H,6H2,1-2H3. The van der Waals surface area contributed by atoms with Gasteiger partial charge in [0.05, 0.1) is 4.92 Å². The molecule has 1 saturated carbocycles. The first-order valence-electron chi connectivity index (χ1n) is 5.61. The summed E-state index contributed by atoms with van der Waals surface area (Å²) in [6.45, 7) is 1.87. The number of benzene rings is 1. The van der Waals surface area contributed by atoms with Crippen LogP contribution in [-0.4, -0.2) is 29.1 Å². The molecule has 98 valence electrons. The summed E-state index contributed by atoms with van der Waals surface area (Å²) in [5.74, 6) is 0.312. The zero-order valence-corrected chi connectivity index (χ0v) is 11.7. The van der Waals surface area contributed by atoms with Gasteiger partial charge in [-0.1, -0.05) is 22.0 Å². The van der Waals surface area contributed by atoms with Gasteiger partial charge in [0.2, 0.25) is 0 Å². The molecule has 18 heavy (non-hydrogen) atoms. The highest BCUT2D eigenvalue weighted by molar-refractivity contribution is 9.09. The molecule has 1 aliphatic carbocycles. The number of halogens is 1. The van der Waals surface area contributed by atoms with Crippen LogP contribution < -0.4 is 4.74 Å². The predicted octanol–water partition coefficient (Wildman–Crippen LogP) is 2.83. The monoisotopic (exact) mass is 315 g/mol. The van der Waals surface area contributed by atoms with E-state index in [0.717, 1.165) is 12.0 Å². The SMILES string of the molecule is COC1C(Br)CC1Oc1cc(C)ccc1[N+](=O)[O-]. The van der Waals surface area contributed by atoms with Crippen molar-refractivity contribution in [2.45, 2.75) is 30.4 Å². The molecule has 1 aliphatic rings. The number of aryl methyl sites for hydroxylation is 1. The maximum atomic E-state index is 10.9. The summed E-state index contributed by atoms with van der Waals surface area (Å²) in [5.41, 5.74) is 0.924. The number of alkyl halides is 1. The summed E-state index contributed by atoms with van der Waals surface area (Å²) in [5, 5.41) is 10.9. The Labute approximate surface area is 113 Å². The van der Waals surface area contributed by atoms with E-state index in [0.29, 0.717) is 5.75 Å². The van der Waals surface area contributed by atoms with E-state index in [-0.39, 0.29) is 22.7 Å². The van der Waals surface area contributed by atoms with E-state index in [1.165, 1.54) is 6.07 Å². The summed E-state index contributed by atoms with van der Waals surface area (Å²) >= 11 is 3.46. The maximum absolute atomic E-state index is 10.9. The van der Waals surface area contributed by atoms with Gasteiger partial charge < -0.3 is 9.47 Å². The minimum atomic E-state index is -0.430. The van der Waals surface area contributed by atoms with Gasteiger partial charge >= 0.3 is 5.69 Å². The molecule has 0 spiro atoms. The highest BCUT2D eigenvalue weighted by atomic mass is 79.9. The molecule has 1 aromatic rings. The van der Waals surface area contributed by atoms with E-state index >= 15 is 0 Å². The Hall–Kier alpha value is -1.14. The first-order chi connectivity index (χ1) is 8.52. The third-order valence-electron chi connectivity index (χ3n) is 3.04. The first-order valence-corrected chi connectivity index (χ1v) is 6.53. The second kappa shape index (κ2) is 5.24. The first kappa shape index (κ1) is 13.3. The average molecular weight is 316 g/mol. The van der Waals surface area contributed by atoms with Crippen molar-refractivity contribution < 1.29 is 14.4 Å². The summed E-state index contributed by atoms with van der Waals surface area (Å²) in [6, 6.07) is 4.86. The molecule has 0 saturated heterocycles.